The number of hydrogen-bond donors (Lipinski definition) is 0. The predicted octanol–water partition coefficient (Wildman–Crippen LogP) is 4.25. The standard InChI is InChI=1S/C8H14.C5H10/c1-6(7-2-3-7)8-4-5-8;1-2-5-3-4-5/h6-8H,2-5H2,1H3;5H,2-4H2,1H3. The normalized spacial score (nSPS) is 27.0. The molecular formula is C13H24. The third-order valence-corrected chi connectivity index (χ3v) is 4.01. The molecule has 0 aromatic rings. The van der Waals surface area contributed by atoms with Crippen molar-refractivity contribution >= 4 is 0 Å². The largest absolute Gasteiger partial charge is 0.0651 e. The highest BCUT2D eigenvalue weighted by Crippen LogP contribution is 2.48. The Morgan fingerprint density at radius 2 is 1.38 bits per heavy atom. The lowest BCUT2D eigenvalue weighted by Gasteiger charge is -2.04. The van der Waals surface area contributed by atoms with Crippen molar-refractivity contribution in [1.82, 2.24) is 0 Å². The van der Waals surface area contributed by atoms with Crippen molar-refractivity contribution in [2.45, 2.75) is 58.8 Å². The molecule has 3 aliphatic carbocycles. The van der Waals surface area contributed by atoms with Crippen molar-refractivity contribution in [2.24, 2.45) is 23.7 Å². The molecule has 0 spiro atoms. The van der Waals surface area contributed by atoms with E-state index in [0.29, 0.717) is 0 Å². The van der Waals surface area contributed by atoms with Crippen LogP contribution in [0.2, 0.25) is 0 Å². The Morgan fingerprint density at radius 3 is 1.54 bits per heavy atom. The molecule has 3 fully saturated rings. The van der Waals surface area contributed by atoms with Crippen molar-refractivity contribution in [3.63, 3.8) is 0 Å². The van der Waals surface area contributed by atoms with E-state index in [1.54, 1.807) is 0 Å². The van der Waals surface area contributed by atoms with Gasteiger partial charge in [0.05, 0.1) is 0 Å². The van der Waals surface area contributed by atoms with Crippen LogP contribution in [0.25, 0.3) is 0 Å². The van der Waals surface area contributed by atoms with Gasteiger partial charge in [0.15, 0.2) is 0 Å². The first-order chi connectivity index (χ1) is 6.31. The molecule has 0 aliphatic heterocycles. The minimum atomic E-state index is 1.09. The second kappa shape index (κ2) is 4.02. The van der Waals surface area contributed by atoms with Crippen LogP contribution in [0.5, 0.6) is 0 Å². The lowest BCUT2D eigenvalue weighted by Crippen LogP contribution is -1.97. The molecule has 0 heteroatoms. The van der Waals surface area contributed by atoms with Crippen LogP contribution in [0.1, 0.15) is 58.8 Å². The van der Waals surface area contributed by atoms with E-state index >= 15 is 0 Å². The quantitative estimate of drug-likeness (QED) is 0.609. The zero-order chi connectivity index (χ0) is 9.26. The third-order valence-electron chi connectivity index (χ3n) is 4.01. The minimum absolute atomic E-state index is 1.09. The first-order valence-corrected chi connectivity index (χ1v) is 6.31. The van der Waals surface area contributed by atoms with Gasteiger partial charge < -0.3 is 0 Å². The van der Waals surface area contributed by atoms with Gasteiger partial charge in [-0.2, -0.15) is 0 Å². The maximum absolute atomic E-state index is 2.44. The summed E-state index contributed by atoms with van der Waals surface area (Å²) in [6.07, 6.45) is 10.6. The molecule has 3 rings (SSSR count). The molecule has 0 nitrogen and oxygen atoms in total. The maximum atomic E-state index is 2.44. The van der Waals surface area contributed by atoms with Gasteiger partial charge >= 0.3 is 0 Å². The van der Waals surface area contributed by atoms with Gasteiger partial charge in [0.2, 0.25) is 0 Å². The van der Waals surface area contributed by atoms with Gasteiger partial charge in [0.1, 0.15) is 0 Å². The molecule has 3 aliphatic rings. The van der Waals surface area contributed by atoms with Crippen molar-refractivity contribution in [3.05, 3.63) is 0 Å². The van der Waals surface area contributed by atoms with E-state index in [2.05, 4.69) is 13.8 Å². The Morgan fingerprint density at radius 1 is 0.923 bits per heavy atom. The molecule has 76 valence electrons. The number of rotatable bonds is 3. The van der Waals surface area contributed by atoms with Crippen molar-refractivity contribution in [1.29, 1.82) is 0 Å². The average Bonchev–Trinajstić information content (AvgIpc) is 3.09. The van der Waals surface area contributed by atoms with Gasteiger partial charge in [-0.1, -0.05) is 33.1 Å². The molecule has 0 atom stereocenters. The fraction of sp³-hybridized carbons (Fsp3) is 1.00. The molecule has 0 N–H and O–H groups in total. The summed E-state index contributed by atoms with van der Waals surface area (Å²) in [4.78, 5) is 0. The number of hydrogen-bond acceptors (Lipinski definition) is 0. The first kappa shape index (κ1) is 9.55. The molecule has 0 amide bonds. The van der Waals surface area contributed by atoms with Crippen LogP contribution in [0.15, 0.2) is 0 Å². The highest BCUT2D eigenvalue weighted by Gasteiger charge is 2.37. The van der Waals surface area contributed by atoms with E-state index in [1.807, 2.05) is 0 Å². The molecule has 0 heterocycles. The van der Waals surface area contributed by atoms with Gasteiger partial charge in [-0.15, -0.1) is 0 Å². The Labute approximate surface area is 83.1 Å². The Balaban J connectivity index is 0.000000113. The van der Waals surface area contributed by atoms with Crippen LogP contribution in [-0.4, -0.2) is 0 Å². The summed E-state index contributed by atoms with van der Waals surface area (Å²) < 4.78 is 0. The molecule has 0 saturated heterocycles. The summed E-state index contributed by atoms with van der Waals surface area (Å²) in [5, 5.41) is 0. The van der Waals surface area contributed by atoms with Gasteiger partial charge in [-0.25, -0.2) is 0 Å². The second-order valence-corrected chi connectivity index (χ2v) is 5.39. The van der Waals surface area contributed by atoms with Crippen molar-refractivity contribution in [3.8, 4) is 0 Å². The predicted molar refractivity (Wildman–Crippen MR) is 57.6 cm³/mol. The molecular weight excluding hydrogens is 156 g/mol. The molecule has 0 aromatic heterocycles. The van der Waals surface area contributed by atoms with E-state index in [1.165, 1.54) is 44.9 Å². The molecule has 0 aromatic carbocycles. The summed E-state index contributed by atoms with van der Waals surface area (Å²) in [6, 6.07) is 0. The zero-order valence-corrected chi connectivity index (χ0v) is 9.26. The van der Waals surface area contributed by atoms with E-state index in [4.69, 9.17) is 0 Å². The lowest BCUT2D eigenvalue weighted by molar-refractivity contribution is 0.447. The molecule has 0 radical (unpaired) electrons. The SMILES string of the molecule is CC(C1CC1)C1CC1.CCC1CC1. The summed E-state index contributed by atoms with van der Waals surface area (Å²) >= 11 is 0. The maximum Gasteiger partial charge on any atom is -0.0386 e. The highest BCUT2D eigenvalue weighted by molar-refractivity contribution is 4.88. The van der Waals surface area contributed by atoms with Crippen molar-refractivity contribution in [2.75, 3.05) is 0 Å². The smallest absolute Gasteiger partial charge is 0.0386 e. The van der Waals surface area contributed by atoms with Crippen LogP contribution in [0, 0.1) is 23.7 Å². The van der Waals surface area contributed by atoms with Crippen LogP contribution >= 0.6 is 0 Å². The second-order valence-electron chi connectivity index (χ2n) is 5.39. The summed E-state index contributed by atoms with van der Waals surface area (Å²) in [6.45, 7) is 4.70. The van der Waals surface area contributed by atoms with E-state index in [-0.39, 0.29) is 0 Å². The van der Waals surface area contributed by atoms with Crippen LogP contribution in [0.4, 0.5) is 0 Å². The molecule has 0 unspecified atom stereocenters. The molecule has 3 saturated carbocycles. The first-order valence-electron chi connectivity index (χ1n) is 6.31. The molecule has 13 heavy (non-hydrogen) atoms. The summed E-state index contributed by atoms with van der Waals surface area (Å²) in [5.41, 5.74) is 0. The summed E-state index contributed by atoms with van der Waals surface area (Å²) in [5.74, 6) is 4.54. The van der Waals surface area contributed by atoms with Crippen molar-refractivity contribution < 1.29 is 0 Å². The highest BCUT2D eigenvalue weighted by atomic mass is 14.4. The molecule has 0 bridgehead atoms. The van der Waals surface area contributed by atoms with Crippen LogP contribution in [0.3, 0.4) is 0 Å². The van der Waals surface area contributed by atoms with Crippen LogP contribution in [-0.2, 0) is 0 Å². The van der Waals surface area contributed by atoms with Gasteiger partial charge in [-0.3, -0.25) is 0 Å². The Hall–Kier alpha value is 0. The van der Waals surface area contributed by atoms with Gasteiger partial charge in [-0.05, 0) is 49.4 Å². The van der Waals surface area contributed by atoms with E-state index in [0.717, 1.165) is 23.7 Å². The monoisotopic (exact) mass is 180 g/mol. The summed E-state index contributed by atoms with van der Waals surface area (Å²) in [7, 11) is 0. The van der Waals surface area contributed by atoms with E-state index in [9.17, 15) is 0 Å². The minimum Gasteiger partial charge on any atom is -0.0651 e. The topological polar surface area (TPSA) is 0 Å². The lowest BCUT2D eigenvalue weighted by atomic mass is 10.0. The average molecular weight is 180 g/mol. The fourth-order valence-electron chi connectivity index (χ4n) is 2.16. The van der Waals surface area contributed by atoms with Gasteiger partial charge in [0, 0.05) is 0 Å². The zero-order valence-electron chi connectivity index (χ0n) is 9.26. The van der Waals surface area contributed by atoms with E-state index < -0.39 is 0 Å². The van der Waals surface area contributed by atoms with Crippen LogP contribution < -0.4 is 0 Å². The van der Waals surface area contributed by atoms with Gasteiger partial charge in [0.25, 0.3) is 0 Å². The fourth-order valence-corrected chi connectivity index (χ4v) is 2.16. The third kappa shape index (κ3) is 3.32. The Kier molecular flexibility index (Phi) is 2.96. The Bertz CT molecular complexity index is 137.